The highest BCUT2D eigenvalue weighted by Crippen LogP contribution is 2.48. The van der Waals surface area contributed by atoms with Crippen LogP contribution in [0.4, 0.5) is 8.78 Å². The van der Waals surface area contributed by atoms with Crippen molar-refractivity contribution >= 4 is 39.0 Å². The van der Waals surface area contributed by atoms with Gasteiger partial charge < -0.3 is 30.0 Å². The van der Waals surface area contributed by atoms with E-state index < -0.39 is 35.5 Å². The smallest absolute Gasteiger partial charge is 0.445 e. The third-order valence-corrected chi connectivity index (χ3v) is 11.1. The molecular weight excluding hydrogens is 675 g/mol. The van der Waals surface area contributed by atoms with E-state index in [0.717, 1.165) is 54.2 Å². The van der Waals surface area contributed by atoms with Crippen molar-refractivity contribution in [1.29, 1.82) is 10.5 Å². The zero-order valence-electron chi connectivity index (χ0n) is 24.8. The van der Waals surface area contributed by atoms with Crippen molar-refractivity contribution in [2.24, 2.45) is 11.5 Å². The lowest BCUT2D eigenvalue weighted by Crippen LogP contribution is -2.26. The summed E-state index contributed by atoms with van der Waals surface area (Å²) in [5.41, 5.74) is 10.5. The van der Waals surface area contributed by atoms with Gasteiger partial charge >= 0.3 is 7.60 Å². The fraction of sp³-hybridized carbons (Fsp3) is 0.267. The maximum absolute atomic E-state index is 14.3. The highest BCUT2D eigenvalue weighted by molar-refractivity contribution is 7.92. The molecule has 17 heteroatoms. The minimum Gasteiger partial charge on any atom is -0.490 e. The van der Waals surface area contributed by atoms with Gasteiger partial charge in [0.25, 0.3) is 10.0 Å². The Kier molecular flexibility index (Phi) is 12.1. The molecule has 0 spiro atoms. The van der Waals surface area contributed by atoms with Crippen LogP contribution < -0.4 is 34.7 Å². The van der Waals surface area contributed by atoms with E-state index in [2.05, 4.69) is 4.72 Å². The number of nitrogens with zero attached hydrogens (tertiary/aromatic N) is 2. The summed E-state index contributed by atoms with van der Waals surface area (Å²) in [5.74, 6) is -1.84. The first-order valence-electron chi connectivity index (χ1n) is 14.1. The Labute approximate surface area is 274 Å². The molecule has 0 radical (unpaired) electrons. The van der Waals surface area contributed by atoms with Crippen molar-refractivity contribution in [2.45, 2.75) is 23.5 Å². The number of nitriles is 2. The number of nitrogens with one attached hydrogen (secondary N) is 1. The zero-order chi connectivity index (χ0) is 34.0. The lowest BCUT2D eigenvalue weighted by Gasteiger charge is -2.20. The molecule has 0 saturated heterocycles. The van der Waals surface area contributed by atoms with E-state index in [9.17, 15) is 21.8 Å². The quantitative estimate of drug-likeness (QED) is 0.0944. The Morgan fingerprint density at radius 3 is 1.89 bits per heavy atom. The molecule has 0 saturated carbocycles. The number of halogens is 2. The predicted octanol–water partition coefficient (Wildman–Crippen LogP) is 5.36. The van der Waals surface area contributed by atoms with Gasteiger partial charge in [-0.25, -0.2) is 21.8 Å². The van der Waals surface area contributed by atoms with Crippen LogP contribution in [0.3, 0.4) is 0 Å². The highest BCUT2D eigenvalue weighted by Gasteiger charge is 2.32. The number of hydrogen-bond acceptors (Lipinski definition) is 12. The van der Waals surface area contributed by atoms with E-state index in [0.29, 0.717) is 60.7 Å². The van der Waals surface area contributed by atoms with E-state index in [1.54, 1.807) is 24.3 Å². The summed E-state index contributed by atoms with van der Waals surface area (Å²) >= 11 is 0.910. The summed E-state index contributed by atoms with van der Waals surface area (Å²) in [6.07, 6.45) is 1.09. The first kappa shape index (κ1) is 35.6. The second kappa shape index (κ2) is 16.0. The van der Waals surface area contributed by atoms with Gasteiger partial charge in [-0.3, -0.25) is 0 Å². The normalized spacial score (nSPS) is 11.5. The lowest BCUT2D eigenvalue weighted by atomic mass is 10.2. The molecule has 248 valence electrons. The van der Waals surface area contributed by atoms with Crippen LogP contribution in [0.5, 0.6) is 23.0 Å². The monoisotopic (exact) mass is 705 g/mol. The molecular formula is C30H30F2N5O7PS2. The molecule has 0 amide bonds. The number of ether oxygens (including phenoxy) is 2. The molecule has 4 rings (SSSR count). The summed E-state index contributed by atoms with van der Waals surface area (Å²) in [6, 6.07) is 14.0. The molecule has 0 fully saturated rings. The van der Waals surface area contributed by atoms with Crippen LogP contribution in [0, 0.1) is 34.3 Å². The molecule has 47 heavy (non-hydrogen) atoms. The van der Waals surface area contributed by atoms with Crippen molar-refractivity contribution < 1.29 is 40.3 Å². The topological polar surface area (TPSA) is 200 Å². The van der Waals surface area contributed by atoms with E-state index in [-0.39, 0.29) is 26.8 Å². The number of sulfonamides is 1. The average molecular weight is 706 g/mol. The molecule has 4 aromatic rings. The summed E-state index contributed by atoms with van der Waals surface area (Å²) < 4.78 is 94.5. The Morgan fingerprint density at radius 2 is 1.36 bits per heavy atom. The zero-order valence-corrected chi connectivity index (χ0v) is 27.3. The maximum atomic E-state index is 14.3. The van der Waals surface area contributed by atoms with Crippen LogP contribution in [0.1, 0.15) is 30.4 Å². The van der Waals surface area contributed by atoms with Gasteiger partial charge in [-0.05, 0) is 74.1 Å². The molecule has 3 aromatic carbocycles. The van der Waals surface area contributed by atoms with E-state index >= 15 is 0 Å². The minimum atomic E-state index is -4.60. The first-order chi connectivity index (χ1) is 22.5. The second-order valence-corrected chi connectivity index (χ2v) is 14.8. The van der Waals surface area contributed by atoms with Gasteiger partial charge in [0.2, 0.25) is 0 Å². The minimum absolute atomic E-state index is 0.152. The molecule has 0 aliphatic heterocycles. The number of fused-ring (bicyclic) bond motifs is 1. The van der Waals surface area contributed by atoms with Gasteiger partial charge in [0.1, 0.15) is 45.8 Å². The maximum Gasteiger partial charge on any atom is 0.445 e. The van der Waals surface area contributed by atoms with Crippen molar-refractivity contribution in [3.05, 3.63) is 77.4 Å². The van der Waals surface area contributed by atoms with Gasteiger partial charge in [-0.1, -0.05) is 0 Å². The van der Waals surface area contributed by atoms with Crippen LogP contribution in [-0.2, 0) is 14.6 Å². The number of unbranched alkanes of at least 4 members (excludes halogenated alkanes) is 1. The van der Waals surface area contributed by atoms with Gasteiger partial charge in [0.15, 0.2) is 11.5 Å². The van der Waals surface area contributed by atoms with Crippen LogP contribution >= 0.6 is 18.9 Å². The Bertz CT molecular complexity index is 1910. The number of nitrogens with two attached hydrogens (primary N) is 2. The van der Waals surface area contributed by atoms with E-state index in [1.807, 2.05) is 0 Å². The molecule has 0 unspecified atom stereocenters. The van der Waals surface area contributed by atoms with Crippen molar-refractivity contribution in [3.63, 3.8) is 0 Å². The predicted molar refractivity (Wildman–Crippen MR) is 171 cm³/mol. The van der Waals surface area contributed by atoms with Crippen LogP contribution in [0.2, 0.25) is 0 Å². The molecule has 1 heterocycles. The molecule has 12 nitrogen and oxygen atoms in total. The number of thiophene rings is 1. The van der Waals surface area contributed by atoms with Crippen LogP contribution in [0.25, 0.3) is 10.1 Å². The molecule has 0 aliphatic rings. The van der Waals surface area contributed by atoms with Gasteiger partial charge in [0.05, 0.1) is 24.3 Å². The van der Waals surface area contributed by atoms with Crippen LogP contribution in [-0.4, -0.2) is 41.0 Å². The van der Waals surface area contributed by atoms with Crippen LogP contribution in [0.15, 0.2) is 58.8 Å². The summed E-state index contributed by atoms with van der Waals surface area (Å²) in [6.45, 7) is 1.62. The summed E-state index contributed by atoms with van der Waals surface area (Å²) in [4.78, 5) is 0. The highest BCUT2D eigenvalue weighted by atomic mass is 32.2. The number of rotatable bonds is 17. The third-order valence-electron chi connectivity index (χ3n) is 6.35. The Balaban J connectivity index is 1.62. The Hall–Kier alpha value is -4.28. The van der Waals surface area contributed by atoms with Crippen molar-refractivity contribution in [3.8, 4) is 35.1 Å². The standard InChI is InChI=1S/C30H30F2N5O7PS2/c31-25-14-23(6-4-20(25)17-35)43-45(38,44-24-7-5-21(18-36)26(32)15-24)19-37-47(39,40)30-13-22-12-27(41-10-2-1-8-33)28(16-29(22)46-30)42-11-3-9-34/h4-7,12-16,37H,1-3,8-11,19,33-34H2. The fourth-order valence-electron chi connectivity index (χ4n) is 4.00. The lowest BCUT2D eigenvalue weighted by molar-refractivity contribution is 0.263. The molecule has 1 aromatic heterocycles. The summed E-state index contributed by atoms with van der Waals surface area (Å²) in [5, 5.41) is 18.6. The molecule has 0 atom stereocenters. The number of hydrogen-bond donors (Lipinski definition) is 3. The molecule has 0 aliphatic carbocycles. The largest absolute Gasteiger partial charge is 0.490 e. The first-order valence-corrected chi connectivity index (χ1v) is 18.1. The van der Waals surface area contributed by atoms with E-state index in [1.165, 1.54) is 6.07 Å². The van der Waals surface area contributed by atoms with Gasteiger partial charge in [-0.15, -0.1) is 11.3 Å². The fourth-order valence-corrected chi connectivity index (χ4v) is 8.46. The number of benzene rings is 3. The van der Waals surface area contributed by atoms with Crippen molar-refractivity contribution in [2.75, 3.05) is 32.6 Å². The average Bonchev–Trinajstić information content (AvgIpc) is 3.46. The second-order valence-electron chi connectivity index (χ2n) is 9.84. The van der Waals surface area contributed by atoms with E-state index in [4.69, 9.17) is 40.5 Å². The third kappa shape index (κ3) is 9.39. The van der Waals surface area contributed by atoms with Gasteiger partial charge in [-0.2, -0.15) is 15.2 Å². The molecule has 0 bridgehead atoms. The Morgan fingerprint density at radius 1 is 0.809 bits per heavy atom. The molecule has 5 N–H and O–H groups in total. The SMILES string of the molecule is N#Cc1ccc(OP(=O)(CNS(=O)(=O)c2cc3cc(OCCCCN)c(OCCCN)cc3s2)Oc2ccc(C#N)c(F)c2)cc1F. The van der Waals surface area contributed by atoms with Crippen molar-refractivity contribution in [1.82, 2.24) is 4.72 Å². The van der Waals surface area contributed by atoms with Gasteiger partial charge in [0, 0.05) is 22.9 Å². The summed E-state index contributed by atoms with van der Waals surface area (Å²) in [7, 11) is -8.95.